The number of nitrogens with zero attached hydrogens (tertiary/aromatic N) is 2. The Hall–Kier alpha value is -2.81. The minimum Gasteiger partial charge on any atom is -0.426 e. The number of carbonyl (C=O) groups is 4. The van der Waals surface area contributed by atoms with Gasteiger partial charge < -0.3 is 9.64 Å². The molecule has 0 bridgehead atoms. The number of benzene rings is 3. The van der Waals surface area contributed by atoms with Crippen LogP contribution in [-0.2, 0) is 9.59 Å². The van der Waals surface area contributed by atoms with Crippen molar-refractivity contribution in [2.45, 2.75) is 13.3 Å². The number of hydrogen-bond donors (Lipinski definition) is 0. The highest BCUT2D eigenvalue weighted by Gasteiger charge is 2.43. The highest BCUT2D eigenvalue weighted by molar-refractivity contribution is 6.56. The van der Waals surface area contributed by atoms with E-state index in [0.29, 0.717) is 16.3 Å². The van der Waals surface area contributed by atoms with Gasteiger partial charge >= 0.3 is 5.97 Å². The number of ether oxygens (including phenoxy) is 1. The quantitative estimate of drug-likeness (QED) is 0.104. The Bertz CT molecular complexity index is 1530. The molecule has 3 aromatic carbocycles. The summed E-state index contributed by atoms with van der Waals surface area (Å²) in [5.74, 6) is -2.73. The van der Waals surface area contributed by atoms with E-state index in [0.717, 1.165) is 4.90 Å². The number of hydrogen-bond acceptors (Lipinski definition) is 5. The summed E-state index contributed by atoms with van der Waals surface area (Å²) >= 11 is 30.6. The minimum atomic E-state index is -0.714. The third-order valence-electron chi connectivity index (χ3n) is 6.31. The third-order valence-corrected chi connectivity index (χ3v) is 8.34. The zero-order chi connectivity index (χ0) is 27.5. The molecule has 0 aromatic heterocycles. The van der Waals surface area contributed by atoms with Crippen LogP contribution in [0.1, 0.15) is 32.7 Å². The average Bonchev–Trinajstić information content (AvgIpc) is 3.39. The van der Waals surface area contributed by atoms with E-state index in [2.05, 4.69) is 0 Å². The lowest BCUT2D eigenvalue weighted by Crippen LogP contribution is -2.30. The summed E-state index contributed by atoms with van der Waals surface area (Å²) in [4.78, 5) is 54.1. The van der Waals surface area contributed by atoms with Crippen LogP contribution in [0.3, 0.4) is 0 Å². The molecule has 0 N–H and O–H groups in total. The summed E-state index contributed by atoms with van der Waals surface area (Å²) in [5.41, 5.74) is 1.01. The summed E-state index contributed by atoms with van der Waals surface area (Å²) < 4.78 is 5.53. The Morgan fingerprint density at radius 3 is 2.08 bits per heavy atom. The molecule has 38 heavy (non-hydrogen) atoms. The number of halogens is 5. The maximum atomic E-state index is 13.2. The highest BCUT2D eigenvalue weighted by atomic mass is 35.5. The molecule has 7 nitrogen and oxygen atoms in total. The Kier molecular flexibility index (Phi) is 7.09. The van der Waals surface area contributed by atoms with E-state index in [1.165, 1.54) is 23.1 Å². The predicted molar refractivity (Wildman–Crippen MR) is 146 cm³/mol. The molecule has 12 heteroatoms. The van der Waals surface area contributed by atoms with Crippen LogP contribution in [0.2, 0.25) is 25.1 Å². The monoisotopic (exact) mass is 610 g/mol. The minimum absolute atomic E-state index is 0.00983. The number of aryl methyl sites for hydroxylation is 1. The lowest BCUT2D eigenvalue weighted by atomic mass is 10.1. The number of fused-ring (bicyclic) bond motifs is 1. The van der Waals surface area contributed by atoms with Crippen LogP contribution in [0, 0.1) is 12.8 Å². The Labute approximate surface area is 241 Å². The molecule has 0 spiro atoms. The van der Waals surface area contributed by atoms with Gasteiger partial charge in [0.05, 0.1) is 42.8 Å². The van der Waals surface area contributed by atoms with Crippen LogP contribution in [-0.4, -0.2) is 30.2 Å². The number of amides is 3. The van der Waals surface area contributed by atoms with Gasteiger partial charge in [-0.15, -0.1) is 0 Å². The number of imide groups is 1. The van der Waals surface area contributed by atoms with Crippen molar-refractivity contribution in [3.05, 3.63) is 84.3 Å². The summed E-state index contributed by atoms with van der Waals surface area (Å²) in [7, 11) is 0. The first-order valence-corrected chi connectivity index (χ1v) is 13.0. The van der Waals surface area contributed by atoms with Crippen LogP contribution in [0.5, 0.6) is 5.75 Å². The lowest BCUT2D eigenvalue weighted by molar-refractivity contribution is -0.139. The molecule has 1 atom stereocenters. The highest BCUT2D eigenvalue weighted by Crippen LogP contribution is 2.46. The number of carbonyl (C=O) groups excluding carboxylic acids is 4. The van der Waals surface area contributed by atoms with Crippen LogP contribution >= 0.6 is 58.0 Å². The number of rotatable bonds is 4. The SMILES string of the molecule is Cc1cc(OC(=O)[C@@H]2CC(=O)N(c3cccc(Cl)c3)C2)ccc1N1C(=O)c2c(Cl)c(Cl)c(Cl)c(Cl)c2C1=O. The van der Waals surface area contributed by atoms with Gasteiger partial charge in [-0.2, -0.15) is 0 Å². The first-order valence-electron chi connectivity index (χ1n) is 11.1. The molecular formula is C26H15Cl5N2O5. The fourth-order valence-corrected chi connectivity index (χ4v) is 5.67. The number of esters is 1. The maximum absolute atomic E-state index is 13.2. The number of anilines is 2. The molecule has 0 unspecified atom stereocenters. The third kappa shape index (κ3) is 4.42. The summed E-state index contributed by atoms with van der Waals surface area (Å²) in [5, 5.41) is -0.112. The van der Waals surface area contributed by atoms with E-state index in [9.17, 15) is 19.2 Å². The van der Waals surface area contributed by atoms with Gasteiger partial charge in [0.15, 0.2) is 0 Å². The molecule has 2 heterocycles. The zero-order valence-electron chi connectivity index (χ0n) is 19.4. The first kappa shape index (κ1) is 26.8. The fourth-order valence-electron chi connectivity index (χ4n) is 4.47. The van der Waals surface area contributed by atoms with Gasteiger partial charge in [0.25, 0.3) is 11.8 Å². The average molecular weight is 613 g/mol. The van der Waals surface area contributed by atoms with Crippen molar-refractivity contribution < 1.29 is 23.9 Å². The van der Waals surface area contributed by atoms with E-state index in [4.69, 9.17) is 62.7 Å². The largest absolute Gasteiger partial charge is 0.426 e. The first-order chi connectivity index (χ1) is 18.0. The molecular weight excluding hydrogens is 598 g/mol. The van der Waals surface area contributed by atoms with Crippen LogP contribution in [0.4, 0.5) is 11.4 Å². The van der Waals surface area contributed by atoms with E-state index >= 15 is 0 Å². The molecule has 2 aliphatic heterocycles. The molecule has 2 aliphatic rings. The molecule has 3 amide bonds. The maximum Gasteiger partial charge on any atom is 0.316 e. The van der Waals surface area contributed by atoms with Gasteiger partial charge in [0.2, 0.25) is 5.91 Å². The molecule has 1 fully saturated rings. The van der Waals surface area contributed by atoms with E-state index < -0.39 is 23.7 Å². The van der Waals surface area contributed by atoms with Crippen molar-refractivity contribution in [3.8, 4) is 5.75 Å². The second kappa shape index (κ2) is 10.1. The summed E-state index contributed by atoms with van der Waals surface area (Å²) in [6.07, 6.45) is -0.00983. The Balaban J connectivity index is 1.35. The summed E-state index contributed by atoms with van der Waals surface area (Å²) in [6.45, 7) is 1.79. The van der Waals surface area contributed by atoms with Crippen molar-refractivity contribution in [3.63, 3.8) is 0 Å². The molecule has 5 rings (SSSR count). The standard InChI is InChI=1S/C26H15Cl5N2O5/c1-11-7-15(38-26(37)12-8-17(34)32(10-12)14-4-2-3-13(27)9-14)5-6-16(11)33-24(35)18-19(25(33)36)21(29)23(31)22(30)20(18)28/h2-7,9,12H,8,10H2,1H3/t12-/m1/s1. The van der Waals surface area contributed by atoms with Gasteiger partial charge in [-0.05, 0) is 48.9 Å². The molecule has 0 saturated carbocycles. The van der Waals surface area contributed by atoms with Gasteiger partial charge in [-0.1, -0.05) is 64.1 Å². The second-order valence-corrected chi connectivity index (χ2v) is 10.7. The van der Waals surface area contributed by atoms with Crippen molar-refractivity contribution in [2.24, 2.45) is 5.92 Å². The van der Waals surface area contributed by atoms with Crippen molar-refractivity contribution >= 4 is 93.1 Å². The van der Waals surface area contributed by atoms with E-state index in [1.807, 2.05) is 0 Å². The van der Waals surface area contributed by atoms with Gasteiger partial charge in [-0.3, -0.25) is 19.2 Å². The van der Waals surface area contributed by atoms with Gasteiger partial charge in [-0.25, -0.2) is 4.90 Å². The van der Waals surface area contributed by atoms with Crippen LogP contribution < -0.4 is 14.5 Å². The topological polar surface area (TPSA) is 84.0 Å². The molecule has 3 aromatic rings. The predicted octanol–water partition coefficient (Wildman–Crippen LogP) is 7.02. The fraction of sp³-hybridized carbons (Fsp3) is 0.154. The Morgan fingerprint density at radius 2 is 1.50 bits per heavy atom. The van der Waals surface area contributed by atoms with Crippen LogP contribution in [0.15, 0.2) is 42.5 Å². The second-order valence-electron chi connectivity index (χ2n) is 8.71. The van der Waals surface area contributed by atoms with E-state index in [-0.39, 0.29) is 61.5 Å². The molecule has 0 aliphatic carbocycles. The van der Waals surface area contributed by atoms with Gasteiger partial charge in [0.1, 0.15) is 5.75 Å². The normalized spacial score (nSPS) is 16.9. The molecule has 1 saturated heterocycles. The zero-order valence-corrected chi connectivity index (χ0v) is 23.1. The lowest BCUT2D eigenvalue weighted by Gasteiger charge is -2.18. The van der Waals surface area contributed by atoms with Gasteiger partial charge in [0, 0.05) is 23.7 Å². The molecule has 194 valence electrons. The molecule has 0 radical (unpaired) electrons. The van der Waals surface area contributed by atoms with Crippen molar-refractivity contribution in [2.75, 3.05) is 16.3 Å². The summed E-state index contributed by atoms with van der Waals surface area (Å²) in [6, 6.07) is 11.2. The smallest absolute Gasteiger partial charge is 0.316 e. The van der Waals surface area contributed by atoms with Crippen molar-refractivity contribution in [1.29, 1.82) is 0 Å². The van der Waals surface area contributed by atoms with E-state index in [1.54, 1.807) is 31.2 Å². The van der Waals surface area contributed by atoms with Crippen LogP contribution in [0.25, 0.3) is 0 Å². The van der Waals surface area contributed by atoms with Crippen molar-refractivity contribution in [1.82, 2.24) is 0 Å². The Morgan fingerprint density at radius 1 is 0.868 bits per heavy atom.